The predicted octanol–water partition coefficient (Wildman–Crippen LogP) is 3.36. The molecule has 0 N–H and O–H groups in total. The monoisotopic (exact) mass is 260 g/mol. The molecular weight excluding hydrogens is 250 g/mol. The van der Waals surface area contributed by atoms with Crippen LogP contribution in [0.3, 0.4) is 0 Å². The molecule has 5 heteroatoms. The summed E-state index contributed by atoms with van der Waals surface area (Å²) in [7, 11) is 0. The molecule has 96 valence electrons. The van der Waals surface area contributed by atoms with Crippen LogP contribution in [-0.4, -0.2) is 9.97 Å². The molecule has 0 fully saturated rings. The minimum atomic E-state index is -2.98. The van der Waals surface area contributed by atoms with Crippen molar-refractivity contribution in [3.8, 4) is 24.0 Å². The molecule has 0 unspecified atom stereocenters. The SMILES string of the molecule is C#Cc1cccnc1Oc1ccc(C(C)(F)F)nc1. The van der Waals surface area contributed by atoms with Gasteiger partial charge >= 0.3 is 0 Å². The van der Waals surface area contributed by atoms with Gasteiger partial charge in [-0.25, -0.2) is 4.98 Å². The van der Waals surface area contributed by atoms with Gasteiger partial charge in [-0.3, -0.25) is 4.98 Å². The number of pyridine rings is 2. The third kappa shape index (κ3) is 3.05. The summed E-state index contributed by atoms with van der Waals surface area (Å²) >= 11 is 0. The lowest BCUT2D eigenvalue weighted by Crippen LogP contribution is -2.09. The molecule has 0 bridgehead atoms. The highest BCUT2D eigenvalue weighted by molar-refractivity contribution is 5.41. The second-order valence-corrected chi connectivity index (χ2v) is 3.87. The number of terminal acetylenes is 1. The van der Waals surface area contributed by atoms with Crippen molar-refractivity contribution in [2.45, 2.75) is 12.8 Å². The Labute approximate surface area is 109 Å². The van der Waals surface area contributed by atoms with Gasteiger partial charge in [0.25, 0.3) is 5.92 Å². The van der Waals surface area contributed by atoms with Gasteiger partial charge in [-0.1, -0.05) is 5.92 Å². The van der Waals surface area contributed by atoms with Crippen LogP contribution in [0.1, 0.15) is 18.2 Å². The Bertz CT molecular complexity index is 613. The molecular formula is C14H10F2N2O. The second kappa shape index (κ2) is 5.02. The molecule has 0 saturated carbocycles. The van der Waals surface area contributed by atoms with E-state index < -0.39 is 5.92 Å². The highest BCUT2D eigenvalue weighted by atomic mass is 19.3. The van der Waals surface area contributed by atoms with Crippen LogP contribution in [0.5, 0.6) is 11.6 Å². The number of ether oxygens (including phenoxy) is 1. The number of hydrogen-bond donors (Lipinski definition) is 0. The summed E-state index contributed by atoms with van der Waals surface area (Å²) in [6.07, 6.45) is 8.04. The average Bonchev–Trinajstić information content (AvgIpc) is 2.39. The minimum Gasteiger partial charge on any atom is -0.436 e. The van der Waals surface area contributed by atoms with E-state index in [1.54, 1.807) is 12.1 Å². The van der Waals surface area contributed by atoms with Crippen LogP contribution < -0.4 is 4.74 Å². The average molecular weight is 260 g/mol. The zero-order valence-electron chi connectivity index (χ0n) is 10.1. The van der Waals surface area contributed by atoms with E-state index in [0.29, 0.717) is 11.3 Å². The van der Waals surface area contributed by atoms with E-state index in [1.807, 2.05) is 0 Å². The van der Waals surface area contributed by atoms with Crippen LogP contribution in [0.4, 0.5) is 8.78 Å². The summed E-state index contributed by atoms with van der Waals surface area (Å²) in [5.74, 6) is -0.0218. The van der Waals surface area contributed by atoms with Gasteiger partial charge < -0.3 is 4.74 Å². The number of aromatic nitrogens is 2. The van der Waals surface area contributed by atoms with Gasteiger partial charge in [-0.05, 0) is 24.3 Å². The maximum Gasteiger partial charge on any atom is 0.286 e. The molecule has 2 rings (SSSR count). The Morgan fingerprint density at radius 1 is 1.26 bits per heavy atom. The largest absolute Gasteiger partial charge is 0.436 e. The van der Waals surface area contributed by atoms with E-state index in [2.05, 4.69) is 15.9 Å². The maximum absolute atomic E-state index is 13.0. The van der Waals surface area contributed by atoms with Crippen molar-refractivity contribution < 1.29 is 13.5 Å². The molecule has 19 heavy (non-hydrogen) atoms. The van der Waals surface area contributed by atoms with Gasteiger partial charge in [0.2, 0.25) is 5.88 Å². The highest BCUT2D eigenvalue weighted by Gasteiger charge is 2.25. The fraction of sp³-hybridized carbons (Fsp3) is 0.143. The molecule has 2 aromatic rings. The summed E-state index contributed by atoms with van der Waals surface area (Å²) in [5.41, 5.74) is 0.158. The molecule has 0 saturated heterocycles. The molecule has 0 spiro atoms. The Kier molecular flexibility index (Phi) is 3.43. The Balaban J connectivity index is 2.23. The lowest BCUT2D eigenvalue weighted by molar-refractivity contribution is 0.0127. The topological polar surface area (TPSA) is 35.0 Å². The quantitative estimate of drug-likeness (QED) is 0.794. The molecule has 0 aliphatic rings. The van der Waals surface area contributed by atoms with Gasteiger partial charge in [-0.15, -0.1) is 6.42 Å². The Morgan fingerprint density at radius 3 is 2.63 bits per heavy atom. The normalized spacial score (nSPS) is 10.8. The smallest absolute Gasteiger partial charge is 0.286 e. The summed E-state index contributed by atoms with van der Waals surface area (Å²) < 4.78 is 31.4. The Hall–Kier alpha value is -2.48. The van der Waals surface area contributed by atoms with Crippen molar-refractivity contribution in [1.82, 2.24) is 9.97 Å². The van der Waals surface area contributed by atoms with Crippen molar-refractivity contribution in [1.29, 1.82) is 0 Å². The standard InChI is InChI=1S/C14H10F2N2O/c1-3-10-5-4-8-17-13(10)19-11-6-7-12(18-9-11)14(2,15)16/h1,4-9H,2H3. The van der Waals surface area contributed by atoms with Crippen LogP contribution in [0.15, 0.2) is 36.7 Å². The second-order valence-electron chi connectivity index (χ2n) is 3.87. The predicted molar refractivity (Wildman–Crippen MR) is 66.1 cm³/mol. The van der Waals surface area contributed by atoms with Crippen LogP contribution >= 0.6 is 0 Å². The Morgan fingerprint density at radius 2 is 2.05 bits per heavy atom. The lowest BCUT2D eigenvalue weighted by atomic mass is 10.2. The summed E-state index contributed by atoms with van der Waals surface area (Å²) in [5, 5.41) is 0. The van der Waals surface area contributed by atoms with E-state index in [0.717, 1.165) is 6.92 Å². The minimum absolute atomic E-state index is 0.239. The zero-order valence-corrected chi connectivity index (χ0v) is 10.1. The molecule has 0 aliphatic carbocycles. The summed E-state index contributed by atoms with van der Waals surface area (Å²) in [6.45, 7) is 0.783. The van der Waals surface area contributed by atoms with E-state index in [9.17, 15) is 8.78 Å². The van der Waals surface area contributed by atoms with Crippen LogP contribution in [-0.2, 0) is 5.92 Å². The van der Waals surface area contributed by atoms with Crippen LogP contribution in [0, 0.1) is 12.3 Å². The number of nitrogens with zero attached hydrogens (tertiary/aromatic N) is 2. The molecule has 0 amide bonds. The number of alkyl halides is 2. The van der Waals surface area contributed by atoms with E-state index in [4.69, 9.17) is 11.2 Å². The van der Waals surface area contributed by atoms with E-state index >= 15 is 0 Å². The molecule has 3 nitrogen and oxygen atoms in total. The first-order valence-corrected chi connectivity index (χ1v) is 5.44. The van der Waals surface area contributed by atoms with E-state index in [1.165, 1.54) is 24.5 Å². The van der Waals surface area contributed by atoms with Gasteiger partial charge in [0, 0.05) is 13.1 Å². The third-order valence-corrected chi connectivity index (χ3v) is 2.33. The number of hydrogen-bond acceptors (Lipinski definition) is 3. The van der Waals surface area contributed by atoms with Gasteiger partial charge in [0.05, 0.1) is 11.8 Å². The van der Waals surface area contributed by atoms with Gasteiger partial charge in [0.1, 0.15) is 11.4 Å². The highest BCUT2D eigenvalue weighted by Crippen LogP contribution is 2.27. The summed E-state index contributed by atoms with van der Waals surface area (Å²) in [6, 6.07) is 5.95. The number of rotatable bonds is 3. The van der Waals surface area contributed by atoms with Gasteiger partial charge in [0.15, 0.2) is 0 Å². The molecule has 0 atom stereocenters. The van der Waals surface area contributed by atoms with Crippen molar-refractivity contribution in [2.75, 3.05) is 0 Å². The van der Waals surface area contributed by atoms with Crippen molar-refractivity contribution in [3.05, 3.63) is 47.9 Å². The molecule has 0 aliphatic heterocycles. The van der Waals surface area contributed by atoms with Crippen molar-refractivity contribution >= 4 is 0 Å². The van der Waals surface area contributed by atoms with Crippen molar-refractivity contribution in [3.63, 3.8) is 0 Å². The summed E-state index contributed by atoms with van der Waals surface area (Å²) in [4.78, 5) is 7.62. The van der Waals surface area contributed by atoms with E-state index in [-0.39, 0.29) is 11.6 Å². The molecule has 2 heterocycles. The molecule has 0 aromatic carbocycles. The van der Waals surface area contributed by atoms with Crippen molar-refractivity contribution in [2.24, 2.45) is 0 Å². The first-order valence-electron chi connectivity index (χ1n) is 5.44. The molecule has 0 radical (unpaired) electrons. The van der Waals surface area contributed by atoms with Crippen LogP contribution in [0.2, 0.25) is 0 Å². The fourth-order valence-electron chi connectivity index (χ4n) is 1.39. The third-order valence-electron chi connectivity index (χ3n) is 2.33. The number of halogens is 2. The first kappa shape index (κ1) is 13.0. The molecule has 2 aromatic heterocycles. The van der Waals surface area contributed by atoms with Crippen LogP contribution in [0.25, 0.3) is 0 Å². The zero-order chi connectivity index (χ0) is 13.9. The lowest BCUT2D eigenvalue weighted by Gasteiger charge is -2.10. The fourth-order valence-corrected chi connectivity index (χ4v) is 1.39. The van der Waals surface area contributed by atoms with Gasteiger partial charge in [-0.2, -0.15) is 8.78 Å². The first-order chi connectivity index (χ1) is 9.00. The maximum atomic E-state index is 13.0.